The third kappa shape index (κ3) is 3.19. The minimum Gasteiger partial charge on any atom is -0.403 e. The zero-order valence-electron chi connectivity index (χ0n) is 14.5. The van der Waals surface area contributed by atoms with Gasteiger partial charge >= 0.3 is 6.01 Å². The molecule has 1 heterocycles. The van der Waals surface area contributed by atoms with Gasteiger partial charge in [0.15, 0.2) is 0 Å². The molecule has 128 valence electrons. The normalized spacial score (nSPS) is 10.8. The Morgan fingerprint density at radius 1 is 0.885 bits per heavy atom. The average molecular weight is 343 g/mol. The molecule has 0 atom stereocenters. The highest BCUT2D eigenvalue weighted by Crippen LogP contribution is 2.23. The first-order chi connectivity index (χ1) is 12.6. The fourth-order valence-corrected chi connectivity index (χ4v) is 2.99. The van der Waals surface area contributed by atoms with Crippen molar-refractivity contribution in [1.29, 1.82) is 0 Å². The standard InChI is InChI=1S/C21H17N3O2/c1-13-9-14(2)11-18(10-13)20-23-24-21(26-20)22-19(25)17-8-7-15-5-3-4-6-16(15)12-17/h3-12H,1-2H3,(H,22,24,25). The highest BCUT2D eigenvalue weighted by atomic mass is 16.4. The lowest BCUT2D eigenvalue weighted by Crippen LogP contribution is -2.12. The van der Waals surface area contributed by atoms with Crippen LogP contribution >= 0.6 is 0 Å². The van der Waals surface area contributed by atoms with E-state index in [2.05, 4.69) is 21.6 Å². The molecule has 4 aromatic rings. The summed E-state index contributed by atoms with van der Waals surface area (Å²) in [6.45, 7) is 4.02. The van der Waals surface area contributed by atoms with Crippen LogP contribution in [0.4, 0.5) is 6.01 Å². The third-order valence-corrected chi connectivity index (χ3v) is 4.13. The molecule has 0 aliphatic rings. The Bertz CT molecular complexity index is 1090. The van der Waals surface area contributed by atoms with Gasteiger partial charge in [0.05, 0.1) is 0 Å². The lowest BCUT2D eigenvalue weighted by Gasteiger charge is -2.03. The number of benzene rings is 3. The summed E-state index contributed by atoms with van der Waals surface area (Å²) >= 11 is 0. The largest absolute Gasteiger partial charge is 0.403 e. The van der Waals surface area contributed by atoms with Crippen molar-refractivity contribution in [2.24, 2.45) is 0 Å². The molecule has 5 heteroatoms. The first-order valence-corrected chi connectivity index (χ1v) is 8.31. The Labute approximate surface area is 150 Å². The fraction of sp³-hybridized carbons (Fsp3) is 0.0952. The molecule has 1 amide bonds. The quantitative estimate of drug-likeness (QED) is 0.582. The number of rotatable bonds is 3. The third-order valence-electron chi connectivity index (χ3n) is 4.13. The Morgan fingerprint density at radius 3 is 2.38 bits per heavy atom. The van der Waals surface area contributed by atoms with Gasteiger partial charge in [-0.3, -0.25) is 10.1 Å². The summed E-state index contributed by atoms with van der Waals surface area (Å²) in [7, 11) is 0. The number of aryl methyl sites for hydroxylation is 2. The summed E-state index contributed by atoms with van der Waals surface area (Å²) < 4.78 is 5.61. The van der Waals surface area contributed by atoms with Gasteiger partial charge in [-0.25, -0.2) is 0 Å². The number of hydrogen-bond acceptors (Lipinski definition) is 4. The van der Waals surface area contributed by atoms with Crippen molar-refractivity contribution in [1.82, 2.24) is 10.2 Å². The maximum atomic E-state index is 12.5. The van der Waals surface area contributed by atoms with Gasteiger partial charge in [0.25, 0.3) is 5.91 Å². The van der Waals surface area contributed by atoms with Crippen molar-refractivity contribution in [2.45, 2.75) is 13.8 Å². The van der Waals surface area contributed by atoms with E-state index in [9.17, 15) is 4.79 Å². The summed E-state index contributed by atoms with van der Waals surface area (Å²) in [5, 5.41) is 12.7. The first kappa shape index (κ1) is 16.0. The topological polar surface area (TPSA) is 68.0 Å². The summed E-state index contributed by atoms with van der Waals surface area (Å²) in [5.74, 6) is 0.0944. The van der Waals surface area contributed by atoms with Crippen LogP contribution in [0.15, 0.2) is 65.1 Å². The minimum absolute atomic E-state index is 0.0808. The van der Waals surface area contributed by atoms with E-state index >= 15 is 0 Å². The van der Waals surface area contributed by atoms with E-state index in [4.69, 9.17) is 4.42 Å². The van der Waals surface area contributed by atoms with Crippen molar-refractivity contribution in [3.05, 3.63) is 77.4 Å². The SMILES string of the molecule is Cc1cc(C)cc(-c2nnc(NC(=O)c3ccc4ccccc4c3)o2)c1. The average Bonchev–Trinajstić information content (AvgIpc) is 3.09. The van der Waals surface area contributed by atoms with Gasteiger partial charge in [-0.15, -0.1) is 5.10 Å². The molecule has 1 N–H and O–H groups in total. The van der Waals surface area contributed by atoms with E-state index in [1.54, 1.807) is 6.07 Å². The molecule has 26 heavy (non-hydrogen) atoms. The van der Waals surface area contributed by atoms with Crippen LogP contribution in [0.5, 0.6) is 0 Å². The Morgan fingerprint density at radius 2 is 1.62 bits per heavy atom. The van der Waals surface area contributed by atoms with Crippen molar-refractivity contribution < 1.29 is 9.21 Å². The summed E-state index contributed by atoms with van der Waals surface area (Å²) in [5.41, 5.74) is 3.59. The van der Waals surface area contributed by atoms with Crippen molar-refractivity contribution in [3.63, 3.8) is 0 Å². The van der Waals surface area contributed by atoms with E-state index in [0.717, 1.165) is 27.5 Å². The lowest BCUT2D eigenvalue weighted by molar-refractivity contribution is 0.102. The molecule has 0 unspecified atom stereocenters. The van der Waals surface area contributed by atoms with Crippen LogP contribution < -0.4 is 5.32 Å². The second-order valence-corrected chi connectivity index (χ2v) is 6.30. The van der Waals surface area contributed by atoms with Crippen molar-refractivity contribution in [3.8, 4) is 11.5 Å². The minimum atomic E-state index is -0.286. The highest BCUT2D eigenvalue weighted by Gasteiger charge is 2.13. The number of aromatic nitrogens is 2. The van der Waals surface area contributed by atoms with Gasteiger partial charge in [-0.1, -0.05) is 52.6 Å². The number of fused-ring (bicyclic) bond motifs is 1. The van der Waals surface area contributed by atoms with Gasteiger partial charge in [0.1, 0.15) is 0 Å². The molecular weight excluding hydrogens is 326 g/mol. The lowest BCUT2D eigenvalue weighted by atomic mass is 10.1. The molecule has 0 bridgehead atoms. The molecule has 0 aliphatic heterocycles. The maximum Gasteiger partial charge on any atom is 0.322 e. The molecule has 1 aromatic heterocycles. The summed E-state index contributed by atoms with van der Waals surface area (Å²) in [6, 6.07) is 19.5. The number of carbonyl (C=O) groups excluding carboxylic acids is 1. The van der Waals surface area contributed by atoms with Gasteiger partial charge in [-0.2, -0.15) is 0 Å². The first-order valence-electron chi connectivity index (χ1n) is 8.31. The summed E-state index contributed by atoms with van der Waals surface area (Å²) in [6.07, 6.45) is 0. The van der Waals surface area contributed by atoms with Crippen molar-refractivity contribution >= 4 is 22.7 Å². The zero-order chi connectivity index (χ0) is 18.1. The maximum absolute atomic E-state index is 12.5. The van der Waals surface area contributed by atoms with Crippen LogP contribution in [-0.4, -0.2) is 16.1 Å². The van der Waals surface area contributed by atoms with Crippen molar-refractivity contribution in [2.75, 3.05) is 5.32 Å². The Kier molecular flexibility index (Phi) is 3.97. The number of nitrogens with zero attached hydrogens (tertiary/aromatic N) is 2. The molecule has 4 rings (SSSR count). The Balaban J connectivity index is 1.57. The molecule has 0 radical (unpaired) electrons. The fourth-order valence-electron chi connectivity index (χ4n) is 2.99. The monoisotopic (exact) mass is 343 g/mol. The number of hydrogen-bond donors (Lipinski definition) is 1. The second-order valence-electron chi connectivity index (χ2n) is 6.30. The van der Waals surface area contributed by atoms with E-state index in [1.165, 1.54) is 0 Å². The van der Waals surface area contributed by atoms with Crippen LogP contribution in [-0.2, 0) is 0 Å². The van der Waals surface area contributed by atoms with Crippen LogP contribution in [0.25, 0.3) is 22.2 Å². The predicted octanol–water partition coefficient (Wildman–Crippen LogP) is 4.76. The van der Waals surface area contributed by atoms with Gasteiger partial charge < -0.3 is 4.42 Å². The smallest absolute Gasteiger partial charge is 0.322 e. The second kappa shape index (κ2) is 6.44. The van der Waals surface area contributed by atoms with Crippen LogP contribution in [0, 0.1) is 13.8 Å². The van der Waals surface area contributed by atoms with E-state index in [1.807, 2.05) is 62.4 Å². The number of amides is 1. The van der Waals surface area contributed by atoms with E-state index in [-0.39, 0.29) is 11.9 Å². The molecule has 0 saturated heterocycles. The molecular formula is C21H17N3O2. The summed E-state index contributed by atoms with van der Waals surface area (Å²) in [4.78, 5) is 12.5. The zero-order valence-corrected chi connectivity index (χ0v) is 14.5. The number of carbonyl (C=O) groups is 1. The number of nitrogens with one attached hydrogen (secondary N) is 1. The van der Waals surface area contributed by atoms with Crippen LogP contribution in [0.2, 0.25) is 0 Å². The van der Waals surface area contributed by atoms with Gasteiger partial charge in [-0.05, 0) is 48.9 Å². The Hall–Kier alpha value is -3.47. The highest BCUT2D eigenvalue weighted by molar-refractivity contribution is 6.05. The predicted molar refractivity (Wildman–Crippen MR) is 101 cm³/mol. The van der Waals surface area contributed by atoms with Gasteiger partial charge in [0, 0.05) is 11.1 Å². The van der Waals surface area contributed by atoms with E-state index in [0.29, 0.717) is 11.5 Å². The number of anilines is 1. The molecule has 0 aliphatic carbocycles. The molecule has 5 nitrogen and oxygen atoms in total. The molecule has 0 fully saturated rings. The van der Waals surface area contributed by atoms with Gasteiger partial charge in [0.2, 0.25) is 5.89 Å². The molecule has 3 aromatic carbocycles. The van der Waals surface area contributed by atoms with Crippen LogP contribution in [0.3, 0.4) is 0 Å². The molecule has 0 saturated carbocycles. The molecule has 0 spiro atoms. The van der Waals surface area contributed by atoms with E-state index < -0.39 is 0 Å². The van der Waals surface area contributed by atoms with Crippen LogP contribution in [0.1, 0.15) is 21.5 Å².